The van der Waals surface area contributed by atoms with Crippen LogP contribution in [-0.4, -0.2) is 67.0 Å². The molecule has 0 radical (unpaired) electrons. The average molecular weight is 408 g/mol. The quantitative estimate of drug-likeness (QED) is 0.615. The number of methoxy groups -OCH3 is 1. The van der Waals surface area contributed by atoms with Gasteiger partial charge >= 0.3 is 5.97 Å². The second-order valence-electron chi connectivity index (χ2n) is 7.61. The highest BCUT2D eigenvalue weighted by Gasteiger charge is 2.31. The summed E-state index contributed by atoms with van der Waals surface area (Å²) >= 11 is 0. The van der Waals surface area contributed by atoms with Gasteiger partial charge in [-0.1, -0.05) is 26.0 Å². The molecule has 1 heterocycles. The van der Waals surface area contributed by atoms with Gasteiger partial charge in [0, 0.05) is 26.1 Å². The van der Waals surface area contributed by atoms with Crippen molar-refractivity contribution in [2.75, 3.05) is 33.3 Å². The fraction of sp³-hybridized carbons (Fsp3) is 0.571. The number of halogens is 1. The molecule has 29 heavy (non-hydrogen) atoms. The third kappa shape index (κ3) is 7.45. The van der Waals surface area contributed by atoms with Crippen molar-refractivity contribution in [3.05, 3.63) is 35.6 Å². The van der Waals surface area contributed by atoms with Crippen LogP contribution in [0.15, 0.2) is 24.3 Å². The zero-order valence-electron chi connectivity index (χ0n) is 17.2. The van der Waals surface area contributed by atoms with Gasteiger partial charge in [-0.2, -0.15) is 0 Å². The lowest BCUT2D eigenvalue weighted by Crippen LogP contribution is -2.40. The van der Waals surface area contributed by atoms with Gasteiger partial charge in [0.25, 0.3) is 0 Å². The molecule has 1 atom stereocenters. The summed E-state index contributed by atoms with van der Waals surface area (Å²) in [5.74, 6) is -0.996. The second-order valence-corrected chi connectivity index (χ2v) is 7.61. The first-order chi connectivity index (χ1) is 13.8. The molecule has 1 aliphatic rings. The topological polar surface area (TPSA) is 76.2 Å². The van der Waals surface area contributed by atoms with Crippen molar-refractivity contribution in [2.45, 2.75) is 39.4 Å². The number of rotatable bonds is 8. The minimum Gasteiger partial charge on any atom is -0.469 e. The number of ether oxygens (including phenoxy) is 2. The second kappa shape index (κ2) is 10.9. The number of carbonyl (C=O) groups is 3. The number of amides is 2. The van der Waals surface area contributed by atoms with Crippen molar-refractivity contribution < 1.29 is 28.2 Å². The zero-order valence-corrected chi connectivity index (χ0v) is 17.2. The average Bonchev–Trinajstić information content (AvgIpc) is 2.83. The van der Waals surface area contributed by atoms with Crippen LogP contribution < -0.4 is 0 Å². The summed E-state index contributed by atoms with van der Waals surface area (Å²) in [6, 6.07) is 6.13. The molecule has 1 aromatic rings. The molecule has 0 saturated carbocycles. The monoisotopic (exact) mass is 408 g/mol. The van der Waals surface area contributed by atoms with Gasteiger partial charge in [-0.25, -0.2) is 4.39 Å². The van der Waals surface area contributed by atoms with E-state index in [1.54, 1.807) is 17.0 Å². The molecule has 0 aromatic heterocycles. The number of hydrogen-bond acceptors (Lipinski definition) is 5. The van der Waals surface area contributed by atoms with Gasteiger partial charge in [0.15, 0.2) is 0 Å². The van der Waals surface area contributed by atoms with Crippen LogP contribution in [0.5, 0.6) is 0 Å². The highest BCUT2D eigenvalue weighted by atomic mass is 19.1. The molecule has 1 saturated heterocycles. The smallest absolute Gasteiger partial charge is 0.306 e. The van der Waals surface area contributed by atoms with Gasteiger partial charge in [-0.3, -0.25) is 14.4 Å². The maximum atomic E-state index is 13.4. The molecule has 0 N–H and O–H groups in total. The minimum absolute atomic E-state index is 0.0270. The first-order valence-electron chi connectivity index (χ1n) is 9.77. The van der Waals surface area contributed by atoms with Crippen LogP contribution in [0, 0.1) is 11.7 Å². The van der Waals surface area contributed by atoms with Crippen molar-refractivity contribution in [3.8, 4) is 0 Å². The molecule has 2 amide bonds. The van der Waals surface area contributed by atoms with E-state index in [2.05, 4.69) is 4.74 Å². The fourth-order valence-corrected chi connectivity index (χ4v) is 3.20. The number of esters is 1. The minimum atomic E-state index is -0.472. The number of carbonyl (C=O) groups excluding carboxylic acids is 3. The summed E-state index contributed by atoms with van der Waals surface area (Å²) in [5.41, 5.74) is 0.680. The van der Waals surface area contributed by atoms with Crippen molar-refractivity contribution in [3.63, 3.8) is 0 Å². The SMILES string of the molecule is COC(=O)CCC(=O)N1CC(=O)N(CC(C)C)C[C@@H](OCc2cccc(F)c2)C1. The molecule has 1 aliphatic heterocycles. The molecule has 0 unspecified atom stereocenters. The van der Waals surface area contributed by atoms with Crippen LogP contribution in [0.3, 0.4) is 0 Å². The molecule has 160 valence electrons. The summed E-state index contributed by atoms with van der Waals surface area (Å²) in [5, 5.41) is 0. The fourth-order valence-electron chi connectivity index (χ4n) is 3.20. The molecule has 0 spiro atoms. The summed E-state index contributed by atoms with van der Waals surface area (Å²) in [4.78, 5) is 39.7. The highest BCUT2D eigenvalue weighted by molar-refractivity contribution is 5.87. The van der Waals surface area contributed by atoms with Crippen LogP contribution in [0.4, 0.5) is 4.39 Å². The highest BCUT2D eigenvalue weighted by Crippen LogP contribution is 2.15. The molecular formula is C21H29FN2O5. The van der Waals surface area contributed by atoms with E-state index < -0.39 is 12.1 Å². The van der Waals surface area contributed by atoms with Gasteiger partial charge < -0.3 is 19.3 Å². The summed E-state index contributed by atoms with van der Waals surface area (Å²) in [6.07, 6.45) is -0.476. The molecule has 1 aromatic carbocycles. The van der Waals surface area contributed by atoms with Crippen molar-refractivity contribution in [2.24, 2.45) is 5.92 Å². The Morgan fingerprint density at radius 3 is 2.66 bits per heavy atom. The van der Waals surface area contributed by atoms with Crippen LogP contribution >= 0.6 is 0 Å². The normalized spacial score (nSPS) is 17.4. The van der Waals surface area contributed by atoms with E-state index in [-0.39, 0.29) is 56.1 Å². The summed E-state index contributed by atoms with van der Waals surface area (Å²) in [6.45, 7) is 5.30. The molecular weight excluding hydrogens is 379 g/mol. The van der Waals surface area contributed by atoms with Gasteiger partial charge in [0.05, 0.1) is 32.8 Å². The standard InChI is InChI=1S/C21H29FN2O5/c1-15(2)10-23-11-18(29-14-16-5-4-6-17(22)9-16)12-24(13-20(23)26)19(25)7-8-21(27)28-3/h4-6,9,15,18H,7-8,10-14H2,1-3H3/t18-/m1/s1. The third-order valence-electron chi connectivity index (χ3n) is 4.61. The molecule has 0 aliphatic carbocycles. The number of benzene rings is 1. The van der Waals surface area contributed by atoms with Crippen LogP contribution in [-0.2, 0) is 30.5 Å². The van der Waals surface area contributed by atoms with Crippen LogP contribution in [0.2, 0.25) is 0 Å². The van der Waals surface area contributed by atoms with E-state index in [1.807, 2.05) is 13.8 Å². The Labute approximate surface area is 170 Å². The Balaban J connectivity index is 2.07. The molecule has 0 bridgehead atoms. The van der Waals surface area contributed by atoms with E-state index in [1.165, 1.54) is 24.1 Å². The van der Waals surface area contributed by atoms with Crippen LogP contribution in [0.25, 0.3) is 0 Å². The zero-order chi connectivity index (χ0) is 21.4. The lowest BCUT2D eigenvalue weighted by molar-refractivity contribution is -0.144. The Hall–Kier alpha value is -2.48. The summed E-state index contributed by atoms with van der Waals surface area (Å²) in [7, 11) is 1.27. The van der Waals surface area contributed by atoms with Crippen molar-refractivity contribution in [1.29, 1.82) is 0 Å². The van der Waals surface area contributed by atoms with E-state index in [0.717, 1.165) is 0 Å². The Kier molecular flexibility index (Phi) is 8.57. The first-order valence-corrected chi connectivity index (χ1v) is 9.77. The largest absolute Gasteiger partial charge is 0.469 e. The van der Waals surface area contributed by atoms with Crippen molar-refractivity contribution in [1.82, 2.24) is 9.80 Å². The van der Waals surface area contributed by atoms with Gasteiger partial charge in [0.1, 0.15) is 5.82 Å². The van der Waals surface area contributed by atoms with E-state index in [0.29, 0.717) is 18.7 Å². The Bertz CT molecular complexity index is 725. The predicted octanol–water partition coefficient (Wildman–Crippen LogP) is 1.99. The molecule has 1 fully saturated rings. The van der Waals surface area contributed by atoms with Crippen LogP contribution in [0.1, 0.15) is 32.3 Å². The molecule has 7 nitrogen and oxygen atoms in total. The maximum absolute atomic E-state index is 13.4. The van der Waals surface area contributed by atoms with E-state index in [4.69, 9.17) is 4.74 Å². The first kappa shape index (κ1) is 22.8. The lowest BCUT2D eigenvalue weighted by Gasteiger charge is -2.26. The Morgan fingerprint density at radius 2 is 2.00 bits per heavy atom. The molecule has 2 rings (SSSR count). The van der Waals surface area contributed by atoms with E-state index >= 15 is 0 Å². The van der Waals surface area contributed by atoms with Gasteiger partial charge in [-0.05, 0) is 23.6 Å². The summed E-state index contributed by atoms with van der Waals surface area (Å²) < 4.78 is 23.9. The van der Waals surface area contributed by atoms with Gasteiger partial charge in [0.2, 0.25) is 11.8 Å². The van der Waals surface area contributed by atoms with E-state index in [9.17, 15) is 18.8 Å². The predicted molar refractivity (Wildman–Crippen MR) is 104 cm³/mol. The van der Waals surface area contributed by atoms with Crippen molar-refractivity contribution >= 4 is 17.8 Å². The number of hydrogen-bond donors (Lipinski definition) is 0. The number of nitrogens with zero attached hydrogens (tertiary/aromatic N) is 2. The van der Waals surface area contributed by atoms with Gasteiger partial charge in [-0.15, -0.1) is 0 Å². The lowest BCUT2D eigenvalue weighted by atomic mass is 10.2. The maximum Gasteiger partial charge on any atom is 0.306 e. The Morgan fingerprint density at radius 1 is 1.24 bits per heavy atom. The molecule has 8 heteroatoms. The third-order valence-corrected chi connectivity index (χ3v) is 4.61.